The molecule has 0 bridgehead atoms. The Kier molecular flexibility index (Phi) is 5.60. The molecule has 0 atom stereocenters. The number of carbonyl (C=O) groups is 4. The van der Waals surface area contributed by atoms with Gasteiger partial charge in [0, 0.05) is 33.4 Å². The van der Waals surface area contributed by atoms with Gasteiger partial charge in [-0.15, -0.1) is 0 Å². The smallest absolute Gasteiger partial charge is 0.161 e. The molecule has 1 aliphatic carbocycles. The Morgan fingerprint density at radius 3 is 0.833 bits per heavy atom. The molecule has 36 heavy (non-hydrogen) atoms. The SMILES string of the molecule is CC(=O)c1c(C(C)=O)c(C(C)=O)c2c(c1C(C)=O)-c1ccccc1-c1ccccc1-c1ccccc1-2. The average Bonchev–Trinajstić information content (AvgIpc) is 2.85. The fourth-order valence-corrected chi connectivity index (χ4v) is 5.52. The van der Waals surface area contributed by atoms with Crippen molar-refractivity contribution in [1.82, 2.24) is 0 Å². The molecular weight excluding hydrogens is 448 g/mol. The number of ketones is 4. The van der Waals surface area contributed by atoms with E-state index in [1.54, 1.807) is 0 Å². The first-order valence-electron chi connectivity index (χ1n) is 11.8. The number of benzene rings is 4. The van der Waals surface area contributed by atoms with E-state index in [4.69, 9.17) is 0 Å². The van der Waals surface area contributed by atoms with Crippen LogP contribution in [0.3, 0.4) is 0 Å². The molecule has 0 aliphatic heterocycles. The first kappa shape index (κ1) is 23.3. The Morgan fingerprint density at radius 1 is 0.361 bits per heavy atom. The van der Waals surface area contributed by atoms with Crippen LogP contribution >= 0.6 is 0 Å². The molecule has 0 spiro atoms. The molecular formula is C32H24O4. The van der Waals surface area contributed by atoms with Crippen molar-refractivity contribution in [2.45, 2.75) is 27.7 Å². The fraction of sp³-hybridized carbons (Fsp3) is 0.125. The van der Waals surface area contributed by atoms with Gasteiger partial charge in [0.1, 0.15) is 0 Å². The fourth-order valence-electron chi connectivity index (χ4n) is 5.52. The molecule has 0 fully saturated rings. The highest BCUT2D eigenvalue weighted by Crippen LogP contribution is 2.51. The topological polar surface area (TPSA) is 68.3 Å². The minimum atomic E-state index is -0.427. The van der Waals surface area contributed by atoms with Crippen LogP contribution in [0.4, 0.5) is 0 Å². The van der Waals surface area contributed by atoms with Crippen molar-refractivity contribution in [3.63, 3.8) is 0 Å². The lowest BCUT2D eigenvalue weighted by molar-refractivity contribution is 0.0959. The second kappa shape index (κ2) is 8.65. The molecule has 0 aromatic heterocycles. The molecule has 4 nitrogen and oxygen atoms in total. The summed E-state index contributed by atoms with van der Waals surface area (Å²) in [4.78, 5) is 52.7. The van der Waals surface area contributed by atoms with E-state index in [0.717, 1.165) is 33.4 Å². The maximum atomic E-state index is 13.3. The van der Waals surface area contributed by atoms with E-state index in [0.29, 0.717) is 11.1 Å². The summed E-state index contributed by atoms with van der Waals surface area (Å²) in [6, 6.07) is 23.4. The molecule has 1 aliphatic rings. The molecule has 0 unspecified atom stereocenters. The molecule has 0 N–H and O–H groups in total. The Morgan fingerprint density at radius 2 is 0.583 bits per heavy atom. The highest BCUT2D eigenvalue weighted by molar-refractivity contribution is 6.26. The van der Waals surface area contributed by atoms with Gasteiger partial charge in [0.15, 0.2) is 23.1 Å². The average molecular weight is 473 g/mol. The third kappa shape index (κ3) is 3.37. The van der Waals surface area contributed by atoms with Gasteiger partial charge in [-0.2, -0.15) is 0 Å². The van der Waals surface area contributed by atoms with Crippen LogP contribution in [0.15, 0.2) is 72.8 Å². The largest absolute Gasteiger partial charge is 0.294 e. The van der Waals surface area contributed by atoms with E-state index in [1.165, 1.54) is 27.7 Å². The predicted molar refractivity (Wildman–Crippen MR) is 142 cm³/mol. The van der Waals surface area contributed by atoms with Gasteiger partial charge >= 0.3 is 0 Å². The second-order valence-electron chi connectivity index (χ2n) is 9.11. The zero-order valence-corrected chi connectivity index (χ0v) is 20.6. The van der Waals surface area contributed by atoms with Gasteiger partial charge in [-0.25, -0.2) is 0 Å². The molecule has 0 heterocycles. The van der Waals surface area contributed by atoms with Crippen LogP contribution < -0.4 is 0 Å². The minimum Gasteiger partial charge on any atom is -0.294 e. The molecule has 0 saturated carbocycles. The van der Waals surface area contributed by atoms with Crippen LogP contribution in [0.1, 0.15) is 69.1 Å². The summed E-state index contributed by atoms with van der Waals surface area (Å²) >= 11 is 0. The first-order valence-corrected chi connectivity index (χ1v) is 11.8. The molecule has 5 rings (SSSR count). The Hall–Kier alpha value is -4.44. The number of fused-ring (bicyclic) bond motifs is 8. The van der Waals surface area contributed by atoms with E-state index in [-0.39, 0.29) is 33.8 Å². The van der Waals surface area contributed by atoms with E-state index in [1.807, 2.05) is 72.8 Å². The van der Waals surface area contributed by atoms with Gasteiger partial charge in [-0.1, -0.05) is 72.8 Å². The third-order valence-corrected chi connectivity index (χ3v) is 6.81. The number of rotatable bonds is 4. The normalized spacial score (nSPS) is 11.2. The van der Waals surface area contributed by atoms with Gasteiger partial charge in [-0.05, 0) is 61.1 Å². The summed E-state index contributed by atoms with van der Waals surface area (Å²) in [6.45, 7) is 5.48. The molecule has 4 heteroatoms. The highest BCUT2D eigenvalue weighted by atomic mass is 16.1. The summed E-state index contributed by atoms with van der Waals surface area (Å²) in [5.41, 5.74) is 6.59. The van der Waals surface area contributed by atoms with E-state index in [2.05, 4.69) is 0 Å². The van der Waals surface area contributed by atoms with Crippen LogP contribution in [0.25, 0.3) is 44.5 Å². The summed E-state index contributed by atoms with van der Waals surface area (Å²) in [5, 5.41) is 0. The Balaban J connectivity index is 2.19. The second-order valence-corrected chi connectivity index (χ2v) is 9.11. The Bertz CT molecular complexity index is 1520. The zero-order chi connectivity index (χ0) is 25.7. The molecule has 0 amide bonds. The predicted octanol–water partition coefficient (Wildman–Crippen LogP) is 7.48. The van der Waals surface area contributed by atoms with Crippen molar-refractivity contribution in [1.29, 1.82) is 0 Å². The van der Waals surface area contributed by atoms with Gasteiger partial charge in [-0.3, -0.25) is 19.2 Å². The van der Waals surface area contributed by atoms with Crippen molar-refractivity contribution in [3.05, 3.63) is 95.1 Å². The molecule has 4 aromatic carbocycles. The van der Waals surface area contributed by atoms with Gasteiger partial charge < -0.3 is 0 Å². The van der Waals surface area contributed by atoms with Gasteiger partial charge in [0.2, 0.25) is 0 Å². The van der Waals surface area contributed by atoms with Crippen molar-refractivity contribution >= 4 is 23.1 Å². The number of hydrogen-bond acceptors (Lipinski definition) is 4. The Labute approximate surface area is 209 Å². The van der Waals surface area contributed by atoms with E-state index >= 15 is 0 Å². The molecule has 0 radical (unpaired) electrons. The third-order valence-electron chi connectivity index (χ3n) is 6.81. The minimum absolute atomic E-state index is 0.0140. The zero-order valence-electron chi connectivity index (χ0n) is 20.6. The van der Waals surface area contributed by atoms with E-state index in [9.17, 15) is 19.2 Å². The quantitative estimate of drug-likeness (QED) is 0.254. The van der Waals surface area contributed by atoms with Crippen molar-refractivity contribution < 1.29 is 19.2 Å². The molecule has 176 valence electrons. The lowest BCUT2D eigenvalue weighted by Gasteiger charge is -2.28. The lowest BCUT2D eigenvalue weighted by atomic mass is 9.73. The summed E-state index contributed by atoms with van der Waals surface area (Å²) in [7, 11) is 0. The van der Waals surface area contributed by atoms with Crippen molar-refractivity contribution in [2.24, 2.45) is 0 Å². The highest BCUT2D eigenvalue weighted by Gasteiger charge is 2.35. The molecule has 4 aromatic rings. The number of Topliss-reactive ketones (excluding diaryl/α,β-unsaturated/α-hetero) is 4. The number of carbonyl (C=O) groups excluding carboxylic acids is 4. The maximum Gasteiger partial charge on any atom is 0.161 e. The summed E-state index contributed by atoms with van der Waals surface area (Å²) < 4.78 is 0. The van der Waals surface area contributed by atoms with Crippen LogP contribution in [-0.4, -0.2) is 23.1 Å². The van der Waals surface area contributed by atoms with Crippen LogP contribution in [0, 0.1) is 0 Å². The van der Waals surface area contributed by atoms with Gasteiger partial charge in [0.05, 0.1) is 0 Å². The van der Waals surface area contributed by atoms with Crippen LogP contribution in [0.2, 0.25) is 0 Å². The summed E-state index contributed by atoms with van der Waals surface area (Å²) in [5.74, 6) is -1.53. The lowest BCUT2D eigenvalue weighted by Crippen LogP contribution is -2.20. The standard InChI is InChI=1S/C32H24O4/c1-17(33)27-28(18(2)34)30(20(4)36)32-26-16-10-8-14-24(26)22-12-6-5-11-21(22)23-13-7-9-15-25(23)31(32)29(27)19(3)35/h5-16H,1-4H3. The molecule has 0 saturated heterocycles. The summed E-state index contributed by atoms with van der Waals surface area (Å²) in [6.07, 6.45) is 0. The van der Waals surface area contributed by atoms with Crippen LogP contribution in [-0.2, 0) is 0 Å². The monoisotopic (exact) mass is 472 g/mol. The first-order chi connectivity index (χ1) is 17.2. The van der Waals surface area contributed by atoms with Gasteiger partial charge in [0.25, 0.3) is 0 Å². The van der Waals surface area contributed by atoms with Crippen molar-refractivity contribution in [3.8, 4) is 44.5 Å². The van der Waals surface area contributed by atoms with Crippen LogP contribution in [0.5, 0.6) is 0 Å². The van der Waals surface area contributed by atoms with E-state index < -0.39 is 11.6 Å². The number of hydrogen-bond donors (Lipinski definition) is 0. The van der Waals surface area contributed by atoms with Crippen molar-refractivity contribution in [2.75, 3.05) is 0 Å². The maximum absolute atomic E-state index is 13.3.